The molecule has 0 unspecified atom stereocenters. The zero-order valence-electron chi connectivity index (χ0n) is 16.3. The number of pyridine rings is 1. The summed E-state index contributed by atoms with van der Waals surface area (Å²) < 4.78 is 54.5. The number of halogens is 4. The highest BCUT2D eigenvalue weighted by Crippen LogP contribution is 2.36. The van der Waals surface area contributed by atoms with E-state index in [4.69, 9.17) is 0 Å². The van der Waals surface area contributed by atoms with Gasteiger partial charge < -0.3 is 5.32 Å². The second-order valence-electron chi connectivity index (χ2n) is 7.23. The lowest BCUT2D eigenvalue weighted by molar-refractivity contribution is -0.161. The van der Waals surface area contributed by atoms with Crippen LogP contribution >= 0.6 is 11.8 Å². The molecule has 164 valence electrons. The molecular formula is C21H20F4N4OS. The minimum absolute atomic E-state index is 0.0718. The molecule has 1 heterocycles. The van der Waals surface area contributed by atoms with Gasteiger partial charge in [-0.1, -0.05) is 18.2 Å². The lowest BCUT2D eigenvalue weighted by Crippen LogP contribution is -2.51. The van der Waals surface area contributed by atoms with Crippen molar-refractivity contribution in [3.8, 4) is 6.07 Å². The predicted molar refractivity (Wildman–Crippen MR) is 107 cm³/mol. The van der Waals surface area contributed by atoms with Gasteiger partial charge in [-0.25, -0.2) is 9.37 Å². The number of benzene rings is 1. The maximum atomic E-state index is 13.8. The third-order valence-electron chi connectivity index (χ3n) is 4.84. The van der Waals surface area contributed by atoms with E-state index in [0.717, 1.165) is 24.3 Å². The summed E-state index contributed by atoms with van der Waals surface area (Å²) in [7, 11) is 0. The van der Waals surface area contributed by atoms with Crippen LogP contribution in [-0.2, 0) is 4.79 Å². The second-order valence-corrected chi connectivity index (χ2v) is 8.35. The Hall–Kier alpha value is -2.64. The Kier molecular flexibility index (Phi) is 7.18. The SMILES string of the molecule is N#CC1(NC(=O)[C@H](CCSc2ccccn2)N[C@@H](c2ccc(F)cc2)C(F)(F)F)CC1. The van der Waals surface area contributed by atoms with Gasteiger partial charge in [-0.05, 0) is 49.1 Å². The van der Waals surface area contributed by atoms with Crippen LogP contribution in [0.4, 0.5) is 17.6 Å². The number of carbonyl (C=O) groups is 1. The van der Waals surface area contributed by atoms with Gasteiger partial charge in [-0.3, -0.25) is 10.1 Å². The van der Waals surface area contributed by atoms with Crippen LogP contribution in [0.3, 0.4) is 0 Å². The van der Waals surface area contributed by atoms with Crippen molar-refractivity contribution < 1.29 is 22.4 Å². The fraction of sp³-hybridized carbons (Fsp3) is 0.381. The molecular weight excluding hydrogens is 432 g/mol. The number of hydrogen-bond acceptors (Lipinski definition) is 5. The third kappa shape index (κ3) is 6.42. The Morgan fingerprint density at radius 2 is 1.94 bits per heavy atom. The van der Waals surface area contributed by atoms with E-state index in [-0.39, 0.29) is 12.0 Å². The van der Waals surface area contributed by atoms with Crippen LogP contribution in [0, 0.1) is 17.1 Å². The van der Waals surface area contributed by atoms with Crippen molar-refractivity contribution in [1.82, 2.24) is 15.6 Å². The van der Waals surface area contributed by atoms with Gasteiger partial charge in [0, 0.05) is 11.9 Å². The fourth-order valence-corrected chi connectivity index (χ4v) is 3.83. The van der Waals surface area contributed by atoms with Gasteiger partial charge in [0.25, 0.3) is 0 Å². The van der Waals surface area contributed by atoms with Crippen LogP contribution < -0.4 is 10.6 Å². The van der Waals surface area contributed by atoms with E-state index in [0.29, 0.717) is 23.6 Å². The Morgan fingerprint density at radius 3 is 2.48 bits per heavy atom. The van der Waals surface area contributed by atoms with Gasteiger partial charge in [0.15, 0.2) is 0 Å². The summed E-state index contributed by atoms with van der Waals surface area (Å²) in [6.07, 6.45) is -2.11. The average molecular weight is 452 g/mol. The fourth-order valence-electron chi connectivity index (χ4n) is 2.95. The Morgan fingerprint density at radius 1 is 1.23 bits per heavy atom. The molecule has 2 atom stereocenters. The lowest BCUT2D eigenvalue weighted by atomic mass is 10.0. The van der Waals surface area contributed by atoms with Gasteiger partial charge >= 0.3 is 6.18 Å². The lowest BCUT2D eigenvalue weighted by Gasteiger charge is -2.28. The molecule has 0 aliphatic heterocycles. The van der Waals surface area contributed by atoms with Crippen molar-refractivity contribution in [2.24, 2.45) is 0 Å². The van der Waals surface area contributed by atoms with Crippen LogP contribution in [0.2, 0.25) is 0 Å². The minimum Gasteiger partial charge on any atom is -0.336 e. The van der Waals surface area contributed by atoms with Crippen LogP contribution in [-0.4, -0.2) is 34.4 Å². The summed E-state index contributed by atoms with van der Waals surface area (Å²) in [6, 6.07) is 7.88. The van der Waals surface area contributed by atoms with Crippen molar-refractivity contribution in [3.63, 3.8) is 0 Å². The smallest absolute Gasteiger partial charge is 0.336 e. The molecule has 1 amide bonds. The quantitative estimate of drug-likeness (QED) is 0.442. The predicted octanol–water partition coefficient (Wildman–Crippen LogP) is 4.14. The van der Waals surface area contributed by atoms with E-state index in [1.54, 1.807) is 24.4 Å². The zero-order chi connectivity index (χ0) is 22.5. The number of carbonyl (C=O) groups excluding carboxylic acids is 1. The molecule has 0 spiro atoms. The molecule has 1 aliphatic carbocycles. The molecule has 1 saturated carbocycles. The molecule has 2 aromatic rings. The van der Waals surface area contributed by atoms with Crippen LogP contribution in [0.25, 0.3) is 0 Å². The van der Waals surface area contributed by atoms with Crippen molar-refractivity contribution in [2.45, 2.75) is 48.1 Å². The molecule has 10 heteroatoms. The molecule has 0 bridgehead atoms. The van der Waals surface area contributed by atoms with E-state index in [1.807, 2.05) is 6.07 Å². The Labute approximate surface area is 181 Å². The normalized spacial score (nSPS) is 16.7. The molecule has 0 radical (unpaired) electrons. The van der Waals surface area contributed by atoms with E-state index in [9.17, 15) is 27.6 Å². The second kappa shape index (κ2) is 9.66. The number of nitriles is 1. The standard InChI is InChI=1S/C21H20F4N4OS/c22-15-6-4-14(5-7-15)18(21(23,24)25)28-16(19(30)29-20(13-26)9-10-20)8-12-31-17-3-1-2-11-27-17/h1-7,11,16,18,28H,8-10,12H2,(H,29,30)/t16-,18-/m0/s1. The van der Waals surface area contributed by atoms with Gasteiger partial charge in [-0.2, -0.15) is 18.4 Å². The van der Waals surface area contributed by atoms with E-state index in [1.165, 1.54) is 11.8 Å². The van der Waals surface area contributed by atoms with Gasteiger partial charge in [0.05, 0.1) is 17.1 Å². The number of nitrogens with one attached hydrogen (secondary N) is 2. The third-order valence-corrected chi connectivity index (χ3v) is 5.81. The molecule has 3 rings (SSSR count). The van der Waals surface area contributed by atoms with Gasteiger partial charge in [-0.15, -0.1) is 11.8 Å². The highest BCUT2D eigenvalue weighted by Gasteiger charge is 2.47. The highest BCUT2D eigenvalue weighted by atomic mass is 32.2. The number of nitrogens with zero attached hydrogens (tertiary/aromatic N) is 2. The summed E-state index contributed by atoms with van der Waals surface area (Å²) in [5.74, 6) is -0.997. The summed E-state index contributed by atoms with van der Waals surface area (Å²) >= 11 is 1.31. The number of alkyl halides is 3. The summed E-state index contributed by atoms with van der Waals surface area (Å²) in [6.45, 7) is 0. The van der Waals surface area contributed by atoms with Gasteiger partial charge in [0.1, 0.15) is 17.4 Å². The number of amides is 1. The number of aromatic nitrogens is 1. The number of hydrogen-bond donors (Lipinski definition) is 2. The molecule has 1 aliphatic rings. The number of thioether (sulfide) groups is 1. The molecule has 0 saturated heterocycles. The van der Waals surface area contributed by atoms with E-state index >= 15 is 0 Å². The average Bonchev–Trinajstić information content (AvgIpc) is 3.51. The minimum atomic E-state index is -4.71. The maximum Gasteiger partial charge on any atom is 0.407 e. The van der Waals surface area contributed by atoms with Crippen LogP contribution in [0.5, 0.6) is 0 Å². The molecule has 1 fully saturated rings. The summed E-state index contributed by atoms with van der Waals surface area (Å²) in [5.41, 5.74) is -1.21. The van der Waals surface area contributed by atoms with Crippen molar-refractivity contribution >= 4 is 17.7 Å². The Balaban J connectivity index is 1.76. The van der Waals surface area contributed by atoms with Crippen molar-refractivity contribution in [3.05, 3.63) is 60.0 Å². The molecule has 2 N–H and O–H groups in total. The Bertz CT molecular complexity index is 927. The molecule has 1 aromatic carbocycles. The van der Waals surface area contributed by atoms with Crippen LogP contribution in [0.15, 0.2) is 53.7 Å². The van der Waals surface area contributed by atoms with E-state index in [2.05, 4.69) is 15.6 Å². The monoisotopic (exact) mass is 452 g/mol. The summed E-state index contributed by atoms with van der Waals surface area (Å²) in [4.78, 5) is 16.9. The number of rotatable bonds is 9. The van der Waals surface area contributed by atoms with Crippen molar-refractivity contribution in [1.29, 1.82) is 5.26 Å². The molecule has 31 heavy (non-hydrogen) atoms. The van der Waals surface area contributed by atoms with Gasteiger partial charge in [0.2, 0.25) is 5.91 Å². The highest BCUT2D eigenvalue weighted by molar-refractivity contribution is 7.99. The summed E-state index contributed by atoms with van der Waals surface area (Å²) in [5, 5.41) is 14.9. The first-order valence-corrected chi connectivity index (χ1v) is 10.6. The largest absolute Gasteiger partial charge is 0.407 e. The molecule has 5 nitrogen and oxygen atoms in total. The topological polar surface area (TPSA) is 77.8 Å². The zero-order valence-corrected chi connectivity index (χ0v) is 17.1. The van der Waals surface area contributed by atoms with Crippen LogP contribution in [0.1, 0.15) is 30.9 Å². The molecule has 1 aromatic heterocycles. The first kappa shape index (κ1) is 23.0. The first-order valence-electron chi connectivity index (χ1n) is 9.58. The van der Waals surface area contributed by atoms with E-state index < -0.39 is 35.5 Å². The maximum absolute atomic E-state index is 13.8. The van der Waals surface area contributed by atoms with Crippen molar-refractivity contribution in [2.75, 3.05) is 5.75 Å². The first-order chi connectivity index (χ1) is 14.7.